The van der Waals surface area contributed by atoms with Gasteiger partial charge in [0.25, 0.3) is 5.91 Å². The van der Waals surface area contributed by atoms with Gasteiger partial charge in [-0.15, -0.1) is 0 Å². The standard InChI is InChI=1S/C22H17FN2O4S/c1-2-30(27,28)18-10-11-20-19(13-18)25-22(29-20)15-4-3-5-17(12-15)24-21(26)14-6-8-16(23)9-7-14/h3-13H,2H2,1H3,(H,24,26). The summed E-state index contributed by atoms with van der Waals surface area (Å²) in [7, 11) is -3.35. The Balaban J connectivity index is 1.62. The zero-order valence-corrected chi connectivity index (χ0v) is 16.7. The van der Waals surface area contributed by atoms with E-state index in [0.29, 0.717) is 33.8 Å². The lowest BCUT2D eigenvalue weighted by Gasteiger charge is -2.06. The Hall–Kier alpha value is -3.52. The van der Waals surface area contributed by atoms with Gasteiger partial charge in [0, 0.05) is 16.8 Å². The van der Waals surface area contributed by atoms with Gasteiger partial charge < -0.3 is 9.73 Å². The van der Waals surface area contributed by atoms with Crippen molar-refractivity contribution in [2.24, 2.45) is 0 Å². The van der Waals surface area contributed by atoms with Gasteiger partial charge in [-0.25, -0.2) is 17.8 Å². The topological polar surface area (TPSA) is 89.3 Å². The number of carbonyl (C=O) groups is 1. The van der Waals surface area contributed by atoms with Crippen LogP contribution >= 0.6 is 0 Å². The Kier molecular flexibility index (Phi) is 5.09. The first-order valence-electron chi connectivity index (χ1n) is 9.16. The van der Waals surface area contributed by atoms with Gasteiger partial charge in [0.2, 0.25) is 5.89 Å². The van der Waals surface area contributed by atoms with E-state index in [2.05, 4.69) is 10.3 Å². The largest absolute Gasteiger partial charge is 0.436 e. The second kappa shape index (κ2) is 7.72. The van der Waals surface area contributed by atoms with Crippen LogP contribution in [-0.2, 0) is 9.84 Å². The monoisotopic (exact) mass is 424 g/mol. The maximum Gasteiger partial charge on any atom is 0.255 e. The highest BCUT2D eigenvalue weighted by Gasteiger charge is 2.15. The number of halogens is 1. The minimum absolute atomic E-state index is 0.000978. The van der Waals surface area contributed by atoms with Gasteiger partial charge in [-0.2, -0.15) is 0 Å². The van der Waals surface area contributed by atoms with Gasteiger partial charge in [0.1, 0.15) is 11.3 Å². The number of hydrogen-bond acceptors (Lipinski definition) is 5. The summed E-state index contributed by atoms with van der Waals surface area (Å²) >= 11 is 0. The highest BCUT2D eigenvalue weighted by atomic mass is 32.2. The first-order valence-corrected chi connectivity index (χ1v) is 10.8. The summed E-state index contributed by atoms with van der Waals surface area (Å²) in [5, 5.41) is 2.75. The number of anilines is 1. The van der Waals surface area contributed by atoms with Crippen molar-refractivity contribution in [1.29, 1.82) is 0 Å². The Morgan fingerprint density at radius 3 is 2.57 bits per heavy atom. The van der Waals surface area contributed by atoms with Gasteiger partial charge in [-0.3, -0.25) is 4.79 Å². The van der Waals surface area contributed by atoms with Crippen LogP contribution in [-0.4, -0.2) is 25.1 Å². The molecular formula is C22H17FN2O4S. The third-order valence-corrected chi connectivity index (χ3v) is 6.30. The number of nitrogens with zero attached hydrogens (tertiary/aromatic N) is 1. The summed E-state index contributed by atoms with van der Waals surface area (Å²) in [5.74, 6) is -0.494. The summed E-state index contributed by atoms with van der Waals surface area (Å²) in [4.78, 5) is 16.9. The number of hydrogen-bond donors (Lipinski definition) is 1. The zero-order chi connectivity index (χ0) is 21.3. The SMILES string of the molecule is CCS(=O)(=O)c1ccc2oc(-c3cccc(NC(=O)c4ccc(F)cc4)c3)nc2c1. The highest BCUT2D eigenvalue weighted by molar-refractivity contribution is 7.91. The number of oxazole rings is 1. The molecule has 8 heteroatoms. The minimum Gasteiger partial charge on any atom is -0.436 e. The van der Waals surface area contributed by atoms with Crippen molar-refractivity contribution in [2.75, 3.05) is 11.1 Å². The molecule has 4 aromatic rings. The lowest BCUT2D eigenvalue weighted by atomic mass is 10.1. The van der Waals surface area contributed by atoms with Crippen LogP contribution in [0.3, 0.4) is 0 Å². The van der Waals surface area contributed by atoms with Gasteiger partial charge in [-0.05, 0) is 60.7 Å². The summed E-state index contributed by atoms with van der Waals surface area (Å²) < 4.78 is 43.0. The number of carbonyl (C=O) groups excluding carboxylic acids is 1. The Bertz CT molecular complexity index is 1350. The molecule has 1 aromatic heterocycles. The second-order valence-corrected chi connectivity index (χ2v) is 8.87. The van der Waals surface area contributed by atoms with E-state index in [1.807, 2.05) is 0 Å². The van der Waals surface area contributed by atoms with Gasteiger partial charge >= 0.3 is 0 Å². The van der Waals surface area contributed by atoms with Crippen molar-refractivity contribution in [1.82, 2.24) is 4.98 Å². The molecule has 4 rings (SSSR count). The molecule has 0 fully saturated rings. The highest BCUT2D eigenvalue weighted by Crippen LogP contribution is 2.28. The first-order chi connectivity index (χ1) is 14.4. The van der Waals surface area contributed by atoms with E-state index in [1.54, 1.807) is 37.3 Å². The number of nitrogens with one attached hydrogen (secondary N) is 1. The molecule has 0 unspecified atom stereocenters. The third-order valence-electron chi connectivity index (χ3n) is 4.57. The molecule has 30 heavy (non-hydrogen) atoms. The Morgan fingerprint density at radius 2 is 1.83 bits per heavy atom. The van der Waals surface area contributed by atoms with E-state index in [0.717, 1.165) is 0 Å². The summed E-state index contributed by atoms with van der Waals surface area (Å²) in [6, 6.07) is 16.7. The molecule has 3 aromatic carbocycles. The van der Waals surface area contributed by atoms with E-state index in [-0.39, 0.29) is 16.6 Å². The molecule has 0 bridgehead atoms. The van der Waals surface area contributed by atoms with E-state index in [4.69, 9.17) is 4.42 Å². The van der Waals surface area contributed by atoms with E-state index in [1.165, 1.54) is 36.4 Å². The Morgan fingerprint density at radius 1 is 1.07 bits per heavy atom. The molecule has 0 aliphatic carbocycles. The molecule has 0 spiro atoms. The van der Waals surface area contributed by atoms with Crippen LogP contribution in [0.25, 0.3) is 22.6 Å². The summed E-state index contributed by atoms with van der Waals surface area (Å²) in [6.07, 6.45) is 0. The number of benzene rings is 3. The molecule has 1 amide bonds. The zero-order valence-electron chi connectivity index (χ0n) is 15.9. The third kappa shape index (κ3) is 3.95. The predicted octanol–water partition coefficient (Wildman–Crippen LogP) is 4.68. The van der Waals surface area contributed by atoms with E-state index in [9.17, 15) is 17.6 Å². The maximum atomic E-state index is 13.0. The van der Waals surface area contributed by atoms with Crippen LogP contribution in [0, 0.1) is 5.82 Å². The average Bonchev–Trinajstić information content (AvgIpc) is 3.18. The molecule has 0 saturated carbocycles. The number of fused-ring (bicyclic) bond motifs is 1. The average molecular weight is 424 g/mol. The molecular weight excluding hydrogens is 407 g/mol. The minimum atomic E-state index is -3.35. The van der Waals surface area contributed by atoms with Crippen molar-refractivity contribution in [3.63, 3.8) is 0 Å². The second-order valence-electron chi connectivity index (χ2n) is 6.59. The van der Waals surface area contributed by atoms with Crippen LogP contribution in [0.2, 0.25) is 0 Å². The van der Waals surface area contributed by atoms with Gasteiger partial charge in [0.05, 0.1) is 10.6 Å². The van der Waals surface area contributed by atoms with Crippen molar-refractivity contribution in [2.45, 2.75) is 11.8 Å². The molecule has 0 saturated heterocycles. The van der Waals surface area contributed by atoms with Crippen LogP contribution in [0.5, 0.6) is 0 Å². The molecule has 6 nitrogen and oxygen atoms in total. The van der Waals surface area contributed by atoms with Gasteiger partial charge in [0.15, 0.2) is 15.4 Å². The van der Waals surface area contributed by atoms with E-state index >= 15 is 0 Å². The smallest absolute Gasteiger partial charge is 0.255 e. The Labute approximate surface area is 172 Å². The van der Waals surface area contributed by atoms with Crippen LogP contribution in [0.4, 0.5) is 10.1 Å². The molecule has 0 aliphatic rings. The number of rotatable bonds is 5. The fourth-order valence-corrected chi connectivity index (χ4v) is 3.83. The van der Waals surface area contributed by atoms with Crippen LogP contribution in [0.15, 0.2) is 76.0 Å². The maximum absolute atomic E-state index is 13.0. The van der Waals surface area contributed by atoms with Crippen molar-refractivity contribution < 1.29 is 22.0 Å². The van der Waals surface area contributed by atoms with Crippen molar-refractivity contribution >= 4 is 32.5 Å². The number of sulfone groups is 1. The molecule has 0 aliphatic heterocycles. The van der Waals surface area contributed by atoms with Gasteiger partial charge in [-0.1, -0.05) is 13.0 Å². The quantitative estimate of drug-likeness (QED) is 0.502. The van der Waals surface area contributed by atoms with Crippen molar-refractivity contribution in [3.05, 3.63) is 78.1 Å². The fourth-order valence-electron chi connectivity index (χ4n) is 2.93. The van der Waals surface area contributed by atoms with E-state index < -0.39 is 15.7 Å². The lowest BCUT2D eigenvalue weighted by Crippen LogP contribution is -2.11. The predicted molar refractivity (Wildman–Crippen MR) is 112 cm³/mol. The first kappa shape index (κ1) is 19.8. The molecule has 1 N–H and O–H groups in total. The molecule has 152 valence electrons. The molecule has 0 atom stereocenters. The fraction of sp³-hybridized carbons (Fsp3) is 0.0909. The molecule has 1 heterocycles. The summed E-state index contributed by atoms with van der Waals surface area (Å²) in [6.45, 7) is 1.58. The van der Waals surface area contributed by atoms with Crippen LogP contribution in [0.1, 0.15) is 17.3 Å². The lowest BCUT2D eigenvalue weighted by molar-refractivity contribution is 0.102. The molecule has 0 radical (unpaired) electrons. The van der Waals surface area contributed by atoms with Crippen LogP contribution < -0.4 is 5.32 Å². The van der Waals surface area contributed by atoms with Crippen molar-refractivity contribution in [3.8, 4) is 11.5 Å². The normalized spacial score (nSPS) is 11.5. The number of amides is 1. The summed E-state index contributed by atoms with van der Waals surface area (Å²) in [5.41, 5.74) is 2.34. The number of aromatic nitrogens is 1.